The van der Waals surface area contributed by atoms with Crippen molar-refractivity contribution in [2.75, 3.05) is 33.7 Å². The van der Waals surface area contributed by atoms with Crippen LogP contribution in [0.1, 0.15) is 40.0 Å². The fraction of sp³-hybridized carbons (Fsp3) is 1.00. The molecule has 2 atom stereocenters. The summed E-state index contributed by atoms with van der Waals surface area (Å²) in [6, 6.07) is 0.572. The lowest BCUT2D eigenvalue weighted by Gasteiger charge is -2.45. The van der Waals surface area contributed by atoms with E-state index in [9.17, 15) is 0 Å². The van der Waals surface area contributed by atoms with Gasteiger partial charge >= 0.3 is 0 Å². The molecule has 2 unspecified atom stereocenters. The van der Waals surface area contributed by atoms with Crippen molar-refractivity contribution in [2.24, 2.45) is 11.7 Å². The molecule has 1 saturated carbocycles. The highest BCUT2D eigenvalue weighted by molar-refractivity contribution is 4.94. The summed E-state index contributed by atoms with van der Waals surface area (Å²) in [6.07, 6.45) is 4.10. The zero-order chi connectivity index (χ0) is 13.1. The first kappa shape index (κ1) is 14.9. The second kappa shape index (κ2) is 6.17. The lowest BCUT2D eigenvalue weighted by molar-refractivity contribution is 0.0508. The quantitative estimate of drug-likeness (QED) is 0.703. The van der Waals surface area contributed by atoms with E-state index in [0.717, 1.165) is 25.6 Å². The van der Waals surface area contributed by atoms with Gasteiger partial charge in [0, 0.05) is 24.7 Å². The molecule has 0 radical (unpaired) electrons. The Morgan fingerprint density at radius 2 is 1.94 bits per heavy atom. The van der Waals surface area contributed by atoms with E-state index in [1.54, 1.807) is 0 Å². The molecule has 1 aliphatic carbocycles. The van der Waals surface area contributed by atoms with E-state index in [1.807, 2.05) is 0 Å². The maximum atomic E-state index is 6.07. The standard InChI is InChI=1S/C14H31N3/c1-6-17(12(2)10-16(4)5)14(3,11-15)9-13-7-8-13/h12-13H,6-11,15H2,1-5H3. The molecule has 17 heavy (non-hydrogen) atoms. The lowest BCUT2D eigenvalue weighted by atomic mass is 9.91. The SMILES string of the molecule is CCN(C(C)CN(C)C)C(C)(CN)CC1CC1. The maximum absolute atomic E-state index is 6.07. The van der Waals surface area contributed by atoms with E-state index in [2.05, 4.69) is 44.7 Å². The molecule has 3 heteroatoms. The minimum atomic E-state index is 0.186. The Balaban J connectivity index is 2.66. The summed E-state index contributed by atoms with van der Waals surface area (Å²) in [5, 5.41) is 0. The summed E-state index contributed by atoms with van der Waals surface area (Å²) in [4.78, 5) is 4.87. The van der Waals surface area contributed by atoms with Gasteiger partial charge in [0.2, 0.25) is 0 Å². The van der Waals surface area contributed by atoms with Crippen molar-refractivity contribution < 1.29 is 0 Å². The molecule has 0 saturated heterocycles. The van der Waals surface area contributed by atoms with Crippen molar-refractivity contribution in [1.82, 2.24) is 9.80 Å². The van der Waals surface area contributed by atoms with Gasteiger partial charge in [0.1, 0.15) is 0 Å². The van der Waals surface area contributed by atoms with Crippen molar-refractivity contribution in [3.63, 3.8) is 0 Å². The molecule has 2 N–H and O–H groups in total. The zero-order valence-corrected chi connectivity index (χ0v) is 12.4. The van der Waals surface area contributed by atoms with Crippen LogP contribution in [0.5, 0.6) is 0 Å². The predicted octanol–water partition coefficient (Wildman–Crippen LogP) is 1.78. The highest BCUT2D eigenvalue weighted by atomic mass is 15.3. The van der Waals surface area contributed by atoms with Crippen LogP contribution in [-0.2, 0) is 0 Å². The smallest absolute Gasteiger partial charge is 0.0309 e. The molecule has 0 amide bonds. The average Bonchev–Trinajstić information content (AvgIpc) is 3.01. The third-order valence-electron chi connectivity index (χ3n) is 4.06. The summed E-state index contributed by atoms with van der Waals surface area (Å²) < 4.78 is 0. The van der Waals surface area contributed by atoms with Crippen LogP contribution in [-0.4, -0.2) is 55.1 Å². The van der Waals surface area contributed by atoms with Gasteiger partial charge < -0.3 is 10.6 Å². The summed E-state index contributed by atoms with van der Waals surface area (Å²) >= 11 is 0. The van der Waals surface area contributed by atoms with E-state index in [4.69, 9.17) is 5.73 Å². The van der Waals surface area contributed by atoms with Crippen LogP contribution < -0.4 is 5.73 Å². The van der Waals surface area contributed by atoms with Crippen molar-refractivity contribution in [3.05, 3.63) is 0 Å². The number of nitrogens with two attached hydrogens (primary N) is 1. The van der Waals surface area contributed by atoms with E-state index in [1.165, 1.54) is 19.3 Å². The van der Waals surface area contributed by atoms with Crippen molar-refractivity contribution in [2.45, 2.75) is 51.6 Å². The highest BCUT2D eigenvalue weighted by Crippen LogP contribution is 2.39. The van der Waals surface area contributed by atoms with Gasteiger partial charge in [-0.3, -0.25) is 4.90 Å². The molecular weight excluding hydrogens is 210 g/mol. The first-order chi connectivity index (χ1) is 7.92. The second-order valence-electron chi connectivity index (χ2n) is 6.25. The van der Waals surface area contributed by atoms with E-state index in [0.29, 0.717) is 6.04 Å². The van der Waals surface area contributed by atoms with Gasteiger partial charge in [-0.15, -0.1) is 0 Å². The molecule has 1 fully saturated rings. The topological polar surface area (TPSA) is 32.5 Å². The Labute approximate surface area is 107 Å². The minimum Gasteiger partial charge on any atom is -0.329 e. The van der Waals surface area contributed by atoms with E-state index in [-0.39, 0.29) is 5.54 Å². The van der Waals surface area contributed by atoms with Crippen molar-refractivity contribution in [1.29, 1.82) is 0 Å². The summed E-state index contributed by atoms with van der Waals surface area (Å²) in [5.41, 5.74) is 6.26. The molecule has 3 nitrogen and oxygen atoms in total. The number of hydrogen-bond donors (Lipinski definition) is 1. The minimum absolute atomic E-state index is 0.186. The normalized spacial score (nSPS) is 21.9. The Morgan fingerprint density at radius 3 is 2.29 bits per heavy atom. The molecule has 0 aromatic rings. The molecule has 1 rings (SSSR count). The van der Waals surface area contributed by atoms with Gasteiger partial charge in [-0.2, -0.15) is 0 Å². The van der Waals surface area contributed by atoms with Gasteiger partial charge in [-0.25, -0.2) is 0 Å². The van der Waals surface area contributed by atoms with Crippen LogP contribution in [0.4, 0.5) is 0 Å². The summed E-state index contributed by atoms with van der Waals surface area (Å²) in [6.45, 7) is 9.90. The Kier molecular flexibility index (Phi) is 5.42. The summed E-state index contributed by atoms with van der Waals surface area (Å²) in [7, 11) is 4.29. The third-order valence-corrected chi connectivity index (χ3v) is 4.06. The predicted molar refractivity (Wildman–Crippen MR) is 75.2 cm³/mol. The van der Waals surface area contributed by atoms with Crippen molar-refractivity contribution >= 4 is 0 Å². The largest absolute Gasteiger partial charge is 0.329 e. The number of hydrogen-bond acceptors (Lipinski definition) is 3. The van der Waals surface area contributed by atoms with Gasteiger partial charge in [-0.1, -0.05) is 19.8 Å². The maximum Gasteiger partial charge on any atom is 0.0309 e. The zero-order valence-electron chi connectivity index (χ0n) is 12.4. The molecule has 0 aromatic heterocycles. The number of rotatable bonds is 8. The van der Waals surface area contributed by atoms with Crippen LogP contribution in [0, 0.1) is 5.92 Å². The molecule has 0 aliphatic heterocycles. The van der Waals surface area contributed by atoms with Crippen LogP contribution in [0.2, 0.25) is 0 Å². The van der Waals surface area contributed by atoms with E-state index < -0.39 is 0 Å². The van der Waals surface area contributed by atoms with E-state index >= 15 is 0 Å². The molecule has 0 spiro atoms. The second-order valence-corrected chi connectivity index (χ2v) is 6.25. The molecule has 102 valence electrons. The fourth-order valence-corrected chi connectivity index (χ4v) is 3.11. The Hall–Kier alpha value is -0.120. The molecular formula is C14H31N3. The molecule has 1 aliphatic rings. The Morgan fingerprint density at radius 1 is 1.35 bits per heavy atom. The van der Waals surface area contributed by atoms with Crippen molar-refractivity contribution in [3.8, 4) is 0 Å². The highest BCUT2D eigenvalue weighted by Gasteiger charge is 2.38. The first-order valence-corrected chi connectivity index (χ1v) is 7.04. The Bertz CT molecular complexity index is 226. The van der Waals surface area contributed by atoms with Gasteiger partial charge in [0.25, 0.3) is 0 Å². The van der Waals surface area contributed by atoms with Crippen LogP contribution in [0.15, 0.2) is 0 Å². The third kappa shape index (κ3) is 4.23. The monoisotopic (exact) mass is 241 g/mol. The summed E-state index contributed by atoms with van der Waals surface area (Å²) in [5.74, 6) is 0.934. The average molecular weight is 241 g/mol. The van der Waals surface area contributed by atoms with Gasteiger partial charge in [-0.05, 0) is 46.8 Å². The van der Waals surface area contributed by atoms with Gasteiger partial charge in [0.15, 0.2) is 0 Å². The van der Waals surface area contributed by atoms with Crippen LogP contribution >= 0.6 is 0 Å². The first-order valence-electron chi connectivity index (χ1n) is 7.04. The lowest BCUT2D eigenvalue weighted by Crippen LogP contribution is -2.57. The fourth-order valence-electron chi connectivity index (χ4n) is 3.11. The van der Waals surface area contributed by atoms with Crippen LogP contribution in [0.3, 0.4) is 0 Å². The van der Waals surface area contributed by atoms with Gasteiger partial charge in [0.05, 0.1) is 0 Å². The molecule has 0 aromatic carbocycles. The van der Waals surface area contributed by atoms with Crippen LogP contribution in [0.25, 0.3) is 0 Å². The molecule has 0 bridgehead atoms. The number of nitrogens with zero attached hydrogens (tertiary/aromatic N) is 2. The number of likely N-dealkylation sites (N-methyl/N-ethyl adjacent to an activating group) is 2. The molecule has 0 heterocycles.